The lowest BCUT2D eigenvalue weighted by Gasteiger charge is -2.08. The molecule has 1 fully saturated rings. The number of benzene rings is 2. The highest BCUT2D eigenvalue weighted by atomic mass is 16.6. The molecule has 9 heteroatoms. The maximum atomic E-state index is 12.1. The fourth-order valence-corrected chi connectivity index (χ4v) is 2.31. The van der Waals surface area contributed by atoms with Crippen molar-refractivity contribution in [1.82, 2.24) is 10.9 Å². The number of hydrogen-bond donors (Lipinski definition) is 3. The van der Waals surface area contributed by atoms with Crippen LogP contribution in [0.5, 0.6) is 0 Å². The Kier molecular flexibility index (Phi) is 5.11. The summed E-state index contributed by atoms with van der Waals surface area (Å²) in [6, 6.07) is 11.4. The van der Waals surface area contributed by atoms with E-state index in [1.54, 1.807) is 12.1 Å². The van der Waals surface area contributed by atoms with Gasteiger partial charge in [0.25, 0.3) is 17.5 Å². The van der Waals surface area contributed by atoms with Gasteiger partial charge < -0.3 is 5.32 Å². The number of anilines is 1. The summed E-state index contributed by atoms with van der Waals surface area (Å²) in [6.45, 7) is 0. The minimum absolute atomic E-state index is 0.0311. The smallest absolute Gasteiger partial charge is 0.270 e. The first-order chi connectivity index (χ1) is 12.9. The molecule has 1 aliphatic rings. The summed E-state index contributed by atoms with van der Waals surface area (Å²) in [4.78, 5) is 45.9. The molecule has 0 heterocycles. The van der Waals surface area contributed by atoms with Gasteiger partial charge in [0.05, 0.1) is 4.92 Å². The van der Waals surface area contributed by atoms with Gasteiger partial charge in [0.1, 0.15) is 0 Å². The van der Waals surface area contributed by atoms with Crippen LogP contribution in [0.3, 0.4) is 0 Å². The quantitative estimate of drug-likeness (QED) is 0.549. The average molecular weight is 368 g/mol. The van der Waals surface area contributed by atoms with Crippen LogP contribution in [0, 0.1) is 16.0 Å². The number of nitro groups is 1. The zero-order chi connectivity index (χ0) is 19.4. The molecule has 3 amide bonds. The van der Waals surface area contributed by atoms with E-state index >= 15 is 0 Å². The highest BCUT2D eigenvalue weighted by Crippen LogP contribution is 2.30. The van der Waals surface area contributed by atoms with Gasteiger partial charge in [0.2, 0.25) is 5.91 Å². The van der Waals surface area contributed by atoms with E-state index in [1.807, 2.05) is 0 Å². The molecule has 3 N–H and O–H groups in total. The minimum atomic E-state index is -0.680. The SMILES string of the molecule is O=C(NNC(=O)c1cccc([N+](=O)[O-])c1)c1ccc(NC(=O)C2CC2)cc1. The number of rotatable bonds is 5. The first kappa shape index (κ1) is 18.1. The standard InChI is InChI=1S/C18H16N4O5/c23-16(11-4-5-11)19-14-8-6-12(7-9-14)17(24)20-21-18(25)13-2-1-3-15(10-13)22(26)27/h1-3,6-11H,4-5H2,(H,19,23)(H,20,24)(H,21,25). The zero-order valence-electron chi connectivity index (χ0n) is 14.1. The highest BCUT2D eigenvalue weighted by Gasteiger charge is 2.29. The highest BCUT2D eigenvalue weighted by molar-refractivity contribution is 6.00. The van der Waals surface area contributed by atoms with Gasteiger partial charge in [-0.1, -0.05) is 6.07 Å². The maximum absolute atomic E-state index is 12.1. The van der Waals surface area contributed by atoms with Crippen molar-refractivity contribution in [2.24, 2.45) is 5.92 Å². The fraction of sp³-hybridized carbons (Fsp3) is 0.167. The summed E-state index contributed by atoms with van der Waals surface area (Å²) in [7, 11) is 0. The molecule has 2 aromatic rings. The molecule has 0 aliphatic heterocycles. The third kappa shape index (κ3) is 4.66. The molecule has 0 spiro atoms. The monoisotopic (exact) mass is 368 g/mol. The van der Waals surface area contributed by atoms with Crippen molar-refractivity contribution in [2.45, 2.75) is 12.8 Å². The summed E-state index contributed by atoms with van der Waals surface area (Å²) in [6.07, 6.45) is 1.80. The average Bonchev–Trinajstić information content (AvgIpc) is 3.52. The van der Waals surface area contributed by atoms with Crippen LogP contribution in [0.4, 0.5) is 11.4 Å². The normalized spacial score (nSPS) is 12.7. The van der Waals surface area contributed by atoms with Gasteiger partial charge in [0, 0.05) is 34.9 Å². The van der Waals surface area contributed by atoms with E-state index in [-0.39, 0.29) is 28.6 Å². The van der Waals surface area contributed by atoms with Crippen molar-refractivity contribution in [3.8, 4) is 0 Å². The van der Waals surface area contributed by atoms with Crippen LogP contribution in [0.25, 0.3) is 0 Å². The number of carbonyl (C=O) groups is 3. The molecule has 3 rings (SSSR count). The lowest BCUT2D eigenvalue weighted by atomic mass is 10.2. The van der Waals surface area contributed by atoms with Crippen molar-refractivity contribution in [1.29, 1.82) is 0 Å². The summed E-state index contributed by atoms with van der Waals surface area (Å²) in [5.74, 6) is -1.19. The summed E-state index contributed by atoms with van der Waals surface area (Å²) in [5.41, 5.74) is 5.12. The largest absolute Gasteiger partial charge is 0.326 e. The molecule has 0 radical (unpaired) electrons. The van der Waals surface area contributed by atoms with Crippen LogP contribution in [0.2, 0.25) is 0 Å². The fourth-order valence-electron chi connectivity index (χ4n) is 2.31. The molecule has 0 unspecified atom stereocenters. The molecule has 1 aliphatic carbocycles. The molecular formula is C18H16N4O5. The molecule has 2 aromatic carbocycles. The van der Waals surface area contributed by atoms with Crippen molar-refractivity contribution >= 4 is 29.1 Å². The van der Waals surface area contributed by atoms with Crippen molar-refractivity contribution in [2.75, 3.05) is 5.32 Å². The topological polar surface area (TPSA) is 130 Å². The summed E-state index contributed by atoms with van der Waals surface area (Å²) >= 11 is 0. The second-order valence-corrected chi connectivity index (χ2v) is 6.06. The number of carbonyl (C=O) groups excluding carboxylic acids is 3. The third-order valence-corrected chi connectivity index (χ3v) is 3.97. The number of amides is 3. The Labute approximate surface area is 153 Å². The predicted octanol–water partition coefficient (Wildman–Crippen LogP) is 2.02. The van der Waals surface area contributed by atoms with Gasteiger partial charge in [0.15, 0.2) is 0 Å². The van der Waals surface area contributed by atoms with E-state index in [1.165, 1.54) is 30.3 Å². The molecule has 0 atom stereocenters. The molecule has 0 bridgehead atoms. The van der Waals surface area contributed by atoms with Crippen molar-refractivity contribution in [3.63, 3.8) is 0 Å². The number of nitrogens with one attached hydrogen (secondary N) is 3. The number of nitro benzene ring substituents is 1. The number of non-ortho nitro benzene ring substituents is 1. The molecule has 0 aromatic heterocycles. The van der Waals surface area contributed by atoms with E-state index in [0.717, 1.165) is 18.9 Å². The predicted molar refractivity (Wildman–Crippen MR) is 95.8 cm³/mol. The summed E-state index contributed by atoms with van der Waals surface area (Å²) in [5, 5.41) is 13.5. The Morgan fingerprint density at radius 3 is 2.15 bits per heavy atom. The van der Waals surface area contributed by atoms with E-state index in [0.29, 0.717) is 5.69 Å². The van der Waals surface area contributed by atoms with Crippen LogP contribution in [-0.4, -0.2) is 22.6 Å². The lowest BCUT2D eigenvalue weighted by molar-refractivity contribution is -0.384. The van der Waals surface area contributed by atoms with E-state index in [4.69, 9.17) is 0 Å². The second-order valence-electron chi connectivity index (χ2n) is 6.06. The van der Waals surface area contributed by atoms with E-state index < -0.39 is 16.7 Å². The van der Waals surface area contributed by atoms with Gasteiger partial charge in [-0.25, -0.2) is 0 Å². The Morgan fingerprint density at radius 2 is 1.56 bits per heavy atom. The summed E-state index contributed by atoms with van der Waals surface area (Å²) < 4.78 is 0. The van der Waals surface area contributed by atoms with Gasteiger partial charge in [-0.15, -0.1) is 0 Å². The Morgan fingerprint density at radius 1 is 0.926 bits per heavy atom. The second kappa shape index (κ2) is 7.65. The lowest BCUT2D eigenvalue weighted by Crippen LogP contribution is -2.41. The van der Waals surface area contributed by atoms with Crippen molar-refractivity contribution < 1.29 is 19.3 Å². The van der Waals surface area contributed by atoms with Crippen LogP contribution >= 0.6 is 0 Å². The number of hydrazine groups is 1. The molecule has 27 heavy (non-hydrogen) atoms. The number of hydrogen-bond acceptors (Lipinski definition) is 5. The third-order valence-electron chi connectivity index (χ3n) is 3.97. The Bertz CT molecular complexity index is 906. The maximum Gasteiger partial charge on any atom is 0.270 e. The minimum Gasteiger partial charge on any atom is -0.326 e. The van der Waals surface area contributed by atoms with Crippen LogP contribution in [-0.2, 0) is 4.79 Å². The van der Waals surface area contributed by atoms with E-state index in [9.17, 15) is 24.5 Å². The number of nitrogens with zero attached hydrogens (tertiary/aromatic N) is 1. The zero-order valence-corrected chi connectivity index (χ0v) is 14.1. The van der Waals surface area contributed by atoms with Gasteiger partial charge in [-0.2, -0.15) is 0 Å². The van der Waals surface area contributed by atoms with Crippen molar-refractivity contribution in [3.05, 3.63) is 69.8 Å². The van der Waals surface area contributed by atoms with Crippen LogP contribution in [0.15, 0.2) is 48.5 Å². The molecule has 1 saturated carbocycles. The van der Waals surface area contributed by atoms with E-state index in [2.05, 4.69) is 16.2 Å². The van der Waals surface area contributed by atoms with Crippen LogP contribution < -0.4 is 16.2 Å². The van der Waals surface area contributed by atoms with Gasteiger partial charge in [-0.05, 0) is 43.2 Å². The molecule has 0 saturated heterocycles. The molecular weight excluding hydrogens is 352 g/mol. The van der Waals surface area contributed by atoms with Gasteiger partial charge >= 0.3 is 0 Å². The first-order valence-electron chi connectivity index (χ1n) is 8.20. The molecule has 138 valence electrons. The molecule has 9 nitrogen and oxygen atoms in total. The van der Waals surface area contributed by atoms with Crippen LogP contribution in [0.1, 0.15) is 33.6 Å². The first-order valence-corrected chi connectivity index (χ1v) is 8.20. The Balaban J connectivity index is 1.55. The van der Waals surface area contributed by atoms with Gasteiger partial charge in [-0.3, -0.25) is 35.3 Å². The Hall–Kier alpha value is -3.75.